The normalized spacial score (nSPS) is 13.3. The number of esters is 1. The second kappa shape index (κ2) is 7.97. The van der Waals surface area contributed by atoms with Crippen LogP contribution < -0.4 is 4.74 Å². The van der Waals surface area contributed by atoms with Crippen molar-refractivity contribution in [2.45, 2.75) is 31.9 Å². The van der Waals surface area contributed by atoms with E-state index in [4.69, 9.17) is 0 Å². The van der Waals surface area contributed by atoms with Gasteiger partial charge in [0.25, 0.3) is 0 Å². The smallest absolute Gasteiger partial charge is 0.460 e. The Morgan fingerprint density at radius 2 is 1.59 bits per heavy atom. The number of halogens is 7. The molecule has 0 spiro atoms. The molecule has 4 nitrogen and oxygen atoms in total. The summed E-state index contributed by atoms with van der Waals surface area (Å²) in [6, 6.07) is 4.39. The third kappa shape index (κ3) is 4.77. The van der Waals surface area contributed by atoms with Crippen molar-refractivity contribution in [1.29, 1.82) is 0 Å². The van der Waals surface area contributed by atoms with Crippen molar-refractivity contribution >= 4 is 11.8 Å². The van der Waals surface area contributed by atoms with Crippen molar-refractivity contribution in [3.05, 3.63) is 41.7 Å². The highest BCUT2D eigenvalue weighted by atomic mass is 19.4. The molecule has 1 rings (SSSR count). The highest BCUT2D eigenvalue weighted by Gasteiger charge is 2.75. The van der Waals surface area contributed by atoms with Crippen LogP contribution in [-0.4, -0.2) is 36.4 Å². The van der Waals surface area contributed by atoms with E-state index in [1.807, 2.05) is 0 Å². The first-order valence-electron chi connectivity index (χ1n) is 7.24. The van der Waals surface area contributed by atoms with Crippen LogP contribution in [0.25, 0.3) is 0 Å². The molecule has 0 bridgehead atoms. The lowest BCUT2D eigenvalue weighted by molar-refractivity contribution is -0.348. The van der Waals surface area contributed by atoms with Crippen LogP contribution in [0.5, 0.6) is 5.75 Å². The van der Waals surface area contributed by atoms with E-state index in [2.05, 4.69) is 9.47 Å². The van der Waals surface area contributed by atoms with Gasteiger partial charge in [-0.05, 0) is 26.0 Å². The van der Waals surface area contributed by atoms with Crippen LogP contribution in [-0.2, 0) is 9.53 Å². The van der Waals surface area contributed by atoms with Gasteiger partial charge < -0.3 is 9.47 Å². The number of rotatable bonds is 7. The average Bonchev–Trinajstić information content (AvgIpc) is 2.53. The summed E-state index contributed by atoms with van der Waals surface area (Å²) in [6.45, 7) is 1.87. The molecule has 27 heavy (non-hydrogen) atoms. The van der Waals surface area contributed by atoms with E-state index in [0.717, 1.165) is 25.1 Å². The number of carbonyl (C=O) groups is 2. The zero-order valence-electron chi connectivity index (χ0n) is 13.9. The molecule has 0 fully saturated rings. The van der Waals surface area contributed by atoms with Crippen molar-refractivity contribution in [3.8, 4) is 5.75 Å². The number of hydrogen-bond donors (Lipinski definition) is 0. The molecule has 0 amide bonds. The molecule has 150 valence electrons. The van der Waals surface area contributed by atoms with Gasteiger partial charge in [0.2, 0.25) is 0 Å². The molecule has 0 aliphatic heterocycles. The van der Waals surface area contributed by atoms with Crippen LogP contribution in [0, 0.1) is 0 Å². The van der Waals surface area contributed by atoms with Crippen molar-refractivity contribution < 1.29 is 49.8 Å². The largest absolute Gasteiger partial charge is 0.463 e. The van der Waals surface area contributed by atoms with Gasteiger partial charge in [-0.15, -0.1) is 0 Å². The summed E-state index contributed by atoms with van der Waals surface area (Å²) >= 11 is 0. The molecule has 1 aromatic carbocycles. The fraction of sp³-hybridized carbons (Fsp3) is 0.375. The molecule has 0 atom stereocenters. The van der Waals surface area contributed by atoms with Crippen LogP contribution in [0.2, 0.25) is 0 Å². The van der Waals surface area contributed by atoms with Crippen molar-refractivity contribution in [2.24, 2.45) is 0 Å². The Morgan fingerprint density at radius 3 is 2.07 bits per heavy atom. The first-order chi connectivity index (χ1) is 12.3. The van der Waals surface area contributed by atoms with Gasteiger partial charge in [0.15, 0.2) is 11.5 Å². The van der Waals surface area contributed by atoms with Gasteiger partial charge in [-0.25, -0.2) is 4.79 Å². The summed E-state index contributed by atoms with van der Waals surface area (Å²) in [5.41, 5.74) is -0.376. The van der Waals surface area contributed by atoms with Crippen LogP contribution in [0.3, 0.4) is 0 Å². The van der Waals surface area contributed by atoms with Crippen LogP contribution in [0.4, 0.5) is 30.7 Å². The second-order valence-electron chi connectivity index (χ2n) is 5.06. The Balaban J connectivity index is 3.51. The highest BCUT2D eigenvalue weighted by Crippen LogP contribution is 2.50. The molecule has 0 aromatic heterocycles. The summed E-state index contributed by atoms with van der Waals surface area (Å²) in [4.78, 5) is 22.9. The van der Waals surface area contributed by atoms with Gasteiger partial charge in [-0.1, -0.05) is 12.1 Å². The molecular formula is C16H13F7O4. The fourth-order valence-corrected chi connectivity index (χ4v) is 1.77. The maximum atomic E-state index is 14.0. The van der Waals surface area contributed by atoms with E-state index in [9.17, 15) is 40.3 Å². The van der Waals surface area contributed by atoms with Crippen LogP contribution in [0.1, 0.15) is 24.2 Å². The Labute approximate surface area is 148 Å². The van der Waals surface area contributed by atoms with Crippen molar-refractivity contribution in [2.75, 3.05) is 6.61 Å². The number of Topliss-reactive ketones (excluding diaryl/α,β-unsaturated/α-hetero) is 1. The fourth-order valence-electron chi connectivity index (χ4n) is 1.77. The van der Waals surface area contributed by atoms with Crippen LogP contribution in [0.15, 0.2) is 36.1 Å². The highest BCUT2D eigenvalue weighted by molar-refractivity contribution is 5.96. The molecule has 0 radical (unpaired) electrons. The summed E-state index contributed by atoms with van der Waals surface area (Å²) in [5.74, 6) is -18.0. The maximum absolute atomic E-state index is 14.0. The van der Waals surface area contributed by atoms with E-state index < -0.39 is 41.3 Å². The summed E-state index contributed by atoms with van der Waals surface area (Å²) in [6.07, 6.45) is -6.96. The van der Waals surface area contributed by atoms with E-state index in [1.54, 1.807) is 0 Å². The molecule has 0 saturated carbocycles. The van der Waals surface area contributed by atoms with Gasteiger partial charge in [0.1, 0.15) is 5.75 Å². The van der Waals surface area contributed by atoms with E-state index >= 15 is 0 Å². The lowest BCUT2D eigenvalue weighted by Gasteiger charge is -2.29. The number of allylic oxidation sites excluding steroid dienone is 1. The number of ether oxygens (including phenoxy) is 2. The summed E-state index contributed by atoms with van der Waals surface area (Å²) < 4.78 is 101. The maximum Gasteiger partial charge on any atom is 0.460 e. The zero-order chi connectivity index (χ0) is 21.0. The molecule has 0 saturated heterocycles. The molecular weight excluding hydrogens is 389 g/mol. The predicted octanol–water partition coefficient (Wildman–Crippen LogP) is 4.55. The van der Waals surface area contributed by atoms with Gasteiger partial charge in [-0.3, -0.25) is 4.79 Å². The van der Waals surface area contributed by atoms with Crippen molar-refractivity contribution in [3.63, 3.8) is 0 Å². The molecule has 0 unspecified atom stereocenters. The third-order valence-corrected chi connectivity index (χ3v) is 3.08. The molecule has 0 N–H and O–H groups in total. The molecule has 11 heteroatoms. The SMILES string of the molecule is CCOC(=O)/C=C(\Oc1ccccc1C(C)=O)C(F)(F)C(F)(F)C(F)(F)F. The molecule has 0 aliphatic carbocycles. The summed E-state index contributed by atoms with van der Waals surface area (Å²) in [7, 11) is 0. The van der Waals surface area contributed by atoms with Crippen LogP contribution >= 0.6 is 0 Å². The number of alkyl halides is 7. The van der Waals surface area contributed by atoms with Gasteiger partial charge >= 0.3 is 24.0 Å². The van der Waals surface area contributed by atoms with Gasteiger partial charge in [0.05, 0.1) is 18.2 Å². The minimum Gasteiger partial charge on any atom is -0.463 e. The van der Waals surface area contributed by atoms with E-state index in [0.29, 0.717) is 0 Å². The minimum absolute atomic E-state index is 0.319. The van der Waals surface area contributed by atoms with Gasteiger partial charge in [0, 0.05) is 0 Å². The first-order valence-corrected chi connectivity index (χ1v) is 7.24. The first kappa shape index (κ1) is 22.5. The standard InChI is InChI=1S/C16H13F7O4/c1-3-26-13(25)8-12(14(17,18)15(19,20)16(21,22)23)27-11-7-5-4-6-10(11)9(2)24/h4-8H,3H2,1-2H3/b12-8-. The number of para-hydroxylation sites is 1. The number of ketones is 1. The number of benzene rings is 1. The van der Waals surface area contributed by atoms with Gasteiger partial charge in [-0.2, -0.15) is 30.7 Å². The lowest BCUT2D eigenvalue weighted by Crippen LogP contribution is -2.53. The Bertz CT molecular complexity index is 739. The Morgan fingerprint density at radius 1 is 1.04 bits per heavy atom. The zero-order valence-corrected chi connectivity index (χ0v) is 13.9. The quantitative estimate of drug-likeness (QED) is 0.221. The number of hydrogen-bond acceptors (Lipinski definition) is 4. The average molecular weight is 402 g/mol. The summed E-state index contributed by atoms with van der Waals surface area (Å²) in [5, 5.41) is 0. The monoisotopic (exact) mass is 402 g/mol. The van der Waals surface area contributed by atoms with E-state index in [1.165, 1.54) is 13.0 Å². The molecule has 0 aliphatic rings. The Hall–Kier alpha value is -2.59. The van der Waals surface area contributed by atoms with Crippen molar-refractivity contribution in [1.82, 2.24) is 0 Å². The molecule has 0 heterocycles. The minimum atomic E-state index is -6.65. The number of carbonyl (C=O) groups excluding carboxylic acids is 2. The Kier molecular flexibility index (Phi) is 6.63. The topological polar surface area (TPSA) is 52.6 Å². The second-order valence-corrected chi connectivity index (χ2v) is 5.06. The predicted molar refractivity (Wildman–Crippen MR) is 77.7 cm³/mol. The van der Waals surface area contributed by atoms with E-state index in [-0.39, 0.29) is 18.2 Å². The lowest BCUT2D eigenvalue weighted by atomic mass is 10.1. The third-order valence-electron chi connectivity index (χ3n) is 3.08. The molecule has 1 aromatic rings.